The summed E-state index contributed by atoms with van der Waals surface area (Å²) in [6.07, 6.45) is 3.85. The summed E-state index contributed by atoms with van der Waals surface area (Å²) in [6, 6.07) is 21.7. The van der Waals surface area contributed by atoms with E-state index in [4.69, 9.17) is 0 Å². The molecular formula is C27H30N4O2. The number of rotatable bonds is 7. The van der Waals surface area contributed by atoms with Crippen LogP contribution < -0.4 is 5.32 Å². The van der Waals surface area contributed by atoms with E-state index in [1.165, 1.54) is 11.1 Å². The van der Waals surface area contributed by atoms with Gasteiger partial charge in [0.15, 0.2) is 0 Å². The second-order valence-electron chi connectivity index (χ2n) is 8.92. The summed E-state index contributed by atoms with van der Waals surface area (Å²) in [7, 11) is 0. The fourth-order valence-electron chi connectivity index (χ4n) is 4.90. The van der Waals surface area contributed by atoms with Crippen molar-refractivity contribution in [2.45, 2.75) is 38.5 Å². The summed E-state index contributed by atoms with van der Waals surface area (Å²) in [5, 5.41) is 3.10. The van der Waals surface area contributed by atoms with Crippen molar-refractivity contribution in [3.8, 4) is 0 Å². The van der Waals surface area contributed by atoms with E-state index in [2.05, 4.69) is 34.5 Å². The number of nitrogens with one attached hydrogen (secondary N) is 1. The van der Waals surface area contributed by atoms with Gasteiger partial charge in [0.2, 0.25) is 5.91 Å². The highest BCUT2D eigenvalue weighted by Gasteiger charge is 2.36. The molecule has 2 aliphatic heterocycles. The maximum absolute atomic E-state index is 13.2. The van der Waals surface area contributed by atoms with Crippen LogP contribution in [0.15, 0.2) is 72.9 Å². The molecule has 0 saturated carbocycles. The van der Waals surface area contributed by atoms with E-state index >= 15 is 0 Å². The summed E-state index contributed by atoms with van der Waals surface area (Å²) >= 11 is 0. The topological polar surface area (TPSA) is 57.6 Å². The third kappa shape index (κ3) is 4.71. The number of carbonyl (C=O) groups excluding carboxylic acids is 2. The molecule has 0 aliphatic carbocycles. The van der Waals surface area contributed by atoms with Gasteiger partial charge in [0.1, 0.15) is 11.7 Å². The fraction of sp³-hybridized carbons (Fsp3) is 0.333. The predicted molar refractivity (Wildman–Crippen MR) is 128 cm³/mol. The average Bonchev–Trinajstić information content (AvgIpc) is 3.33. The molecule has 1 aromatic heterocycles. The number of benzene rings is 2. The van der Waals surface area contributed by atoms with Crippen LogP contribution in [-0.4, -0.2) is 51.9 Å². The molecule has 170 valence electrons. The fourth-order valence-corrected chi connectivity index (χ4v) is 4.90. The zero-order valence-corrected chi connectivity index (χ0v) is 18.8. The smallest absolute Gasteiger partial charge is 0.271 e. The quantitative estimate of drug-likeness (QED) is 0.572. The van der Waals surface area contributed by atoms with E-state index in [0.29, 0.717) is 25.3 Å². The number of amides is 2. The van der Waals surface area contributed by atoms with Crippen molar-refractivity contribution in [1.29, 1.82) is 0 Å². The summed E-state index contributed by atoms with van der Waals surface area (Å²) in [4.78, 5) is 30.5. The molecule has 0 spiro atoms. The number of fused-ring (bicyclic) bond motifs is 2. The summed E-state index contributed by atoms with van der Waals surface area (Å²) < 4.78 is 1.89. The van der Waals surface area contributed by atoms with Crippen molar-refractivity contribution in [1.82, 2.24) is 19.7 Å². The molecule has 0 radical (unpaired) electrons. The first-order valence-corrected chi connectivity index (χ1v) is 11.8. The maximum atomic E-state index is 13.2. The zero-order chi connectivity index (χ0) is 22.6. The lowest BCUT2D eigenvalue weighted by Crippen LogP contribution is -2.54. The molecule has 2 aliphatic rings. The minimum absolute atomic E-state index is 0.0809. The molecule has 6 heteroatoms. The van der Waals surface area contributed by atoms with Gasteiger partial charge in [-0.1, -0.05) is 54.6 Å². The van der Waals surface area contributed by atoms with Crippen LogP contribution in [0.4, 0.5) is 0 Å². The van der Waals surface area contributed by atoms with E-state index in [9.17, 15) is 9.59 Å². The molecule has 33 heavy (non-hydrogen) atoms. The van der Waals surface area contributed by atoms with Crippen LogP contribution in [0.5, 0.6) is 0 Å². The predicted octanol–water partition coefficient (Wildman–Crippen LogP) is 3.08. The number of nitrogens with zero attached hydrogens (tertiary/aromatic N) is 3. The van der Waals surface area contributed by atoms with Gasteiger partial charge >= 0.3 is 0 Å². The van der Waals surface area contributed by atoms with Crippen LogP contribution in [-0.2, 0) is 30.8 Å². The van der Waals surface area contributed by atoms with Crippen molar-refractivity contribution in [2.75, 3.05) is 19.6 Å². The van der Waals surface area contributed by atoms with Crippen molar-refractivity contribution >= 4 is 11.8 Å². The van der Waals surface area contributed by atoms with E-state index in [0.717, 1.165) is 38.0 Å². The molecule has 3 heterocycles. The first-order valence-electron chi connectivity index (χ1n) is 11.8. The number of aromatic nitrogens is 1. The van der Waals surface area contributed by atoms with Crippen LogP contribution in [0.3, 0.4) is 0 Å². The molecule has 1 N–H and O–H groups in total. The molecule has 1 unspecified atom stereocenters. The van der Waals surface area contributed by atoms with Gasteiger partial charge in [-0.05, 0) is 41.7 Å². The molecule has 3 aromatic rings. The Hall–Kier alpha value is -3.38. The summed E-state index contributed by atoms with van der Waals surface area (Å²) in [6.45, 7) is 4.50. The van der Waals surface area contributed by atoms with Crippen molar-refractivity contribution in [3.63, 3.8) is 0 Å². The largest absolute Gasteiger partial charge is 0.354 e. The molecule has 5 rings (SSSR count). The Labute approximate surface area is 194 Å². The molecule has 6 nitrogen and oxygen atoms in total. The van der Waals surface area contributed by atoms with Gasteiger partial charge in [0.05, 0.1) is 6.54 Å². The highest BCUT2D eigenvalue weighted by molar-refractivity contribution is 5.97. The molecule has 1 atom stereocenters. The van der Waals surface area contributed by atoms with Gasteiger partial charge in [-0.15, -0.1) is 0 Å². The van der Waals surface area contributed by atoms with Gasteiger partial charge in [-0.3, -0.25) is 14.5 Å². The number of carbonyl (C=O) groups is 2. The minimum Gasteiger partial charge on any atom is -0.354 e. The van der Waals surface area contributed by atoms with E-state index < -0.39 is 6.04 Å². The Morgan fingerprint density at radius 1 is 0.970 bits per heavy atom. The minimum atomic E-state index is -0.514. The Morgan fingerprint density at radius 2 is 1.76 bits per heavy atom. The van der Waals surface area contributed by atoms with Gasteiger partial charge in [0, 0.05) is 38.9 Å². The molecule has 0 saturated heterocycles. The molecule has 0 bridgehead atoms. The SMILES string of the molecule is O=C(NCCCN1CCc2ccccc2C1)C1Cn2cccc2C(=O)N1Cc1ccccc1. The molecular weight excluding hydrogens is 412 g/mol. The zero-order valence-electron chi connectivity index (χ0n) is 18.8. The van der Waals surface area contributed by atoms with Crippen LogP contribution in [0.2, 0.25) is 0 Å². The Bertz CT molecular complexity index is 1120. The monoisotopic (exact) mass is 442 g/mol. The average molecular weight is 443 g/mol. The van der Waals surface area contributed by atoms with Crippen LogP contribution in [0.1, 0.15) is 33.6 Å². The van der Waals surface area contributed by atoms with Gasteiger partial charge in [-0.25, -0.2) is 0 Å². The lowest BCUT2D eigenvalue weighted by Gasteiger charge is -2.36. The number of hydrogen-bond donors (Lipinski definition) is 1. The highest BCUT2D eigenvalue weighted by atomic mass is 16.2. The molecule has 2 amide bonds. The third-order valence-electron chi connectivity index (χ3n) is 6.71. The first-order chi connectivity index (χ1) is 16.2. The Balaban J connectivity index is 1.18. The first kappa shape index (κ1) is 21.5. The van der Waals surface area contributed by atoms with E-state index in [1.807, 2.05) is 53.2 Å². The van der Waals surface area contributed by atoms with Gasteiger partial charge in [0.25, 0.3) is 5.91 Å². The lowest BCUT2D eigenvalue weighted by molar-refractivity contribution is -0.126. The molecule has 0 fully saturated rings. The van der Waals surface area contributed by atoms with Crippen molar-refractivity contribution < 1.29 is 9.59 Å². The van der Waals surface area contributed by atoms with Crippen LogP contribution in [0, 0.1) is 0 Å². The van der Waals surface area contributed by atoms with Crippen LogP contribution >= 0.6 is 0 Å². The summed E-state index contributed by atoms with van der Waals surface area (Å²) in [5.74, 6) is -0.176. The molecule has 2 aromatic carbocycles. The van der Waals surface area contributed by atoms with Gasteiger partial charge < -0.3 is 14.8 Å². The lowest BCUT2D eigenvalue weighted by atomic mass is 10.00. The second-order valence-corrected chi connectivity index (χ2v) is 8.92. The maximum Gasteiger partial charge on any atom is 0.271 e. The third-order valence-corrected chi connectivity index (χ3v) is 6.71. The van der Waals surface area contributed by atoms with E-state index in [-0.39, 0.29) is 11.8 Å². The highest BCUT2D eigenvalue weighted by Crippen LogP contribution is 2.22. The van der Waals surface area contributed by atoms with E-state index in [1.54, 1.807) is 4.90 Å². The van der Waals surface area contributed by atoms with Gasteiger partial charge in [-0.2, -0.15) is 0 Å². The number of hydrogen-bond acceptors (Lipinski definition) is 3. The van der Waals surface area contributed by atoms with Crippen molar-refractivity contribution in [3.05, 3.63) is 95.3 Å². The Kier molecular flexibility index (Phi) is 6.26. The Morgan fingerprint density at radius 3 is 2.61 bits per heavy atom. The standard InChI is InChI=1S/C27H30N4O2/c32-26(28-14-7-15-29-17-13-22-10-4-5-11-23(22)19-29)25-20-30-16-6-12-24(30)27(33)31(25)18-21-8-2-1-3-9-21/h1-6,8-12,16,25H,7,13-15,17-20H2,(H,28,32). The van der Waals surface area contributed by atoms with Crippen LogP contribution in [0.25, 0.3) is 0 Å². The van der Waals surface area contributed by atoms with Crippen molar-refractivity contribution in [2.24, 2.45) is 0 Å². The summed E-state index contributed by atoms with van der Waals surface area (Å²) in [5.41, 5.74) is 4.52. The second kappa shape index (κ2) is 9.63. The normalized spacial score (nSPS) is 18.0.